The van der Waals surface area contributed by atoms with Crippen LogP contribution < -0.4 is 10.4 Å². The molecule has 0 aliphatic rings. The number of nitrogens with zero attached hydrogens (tertiary/aromatic N) is 2. The molecule has 216 valence electrons. The summed E-state index contributed by atoms with van der Waals surface area (Å²) in [7, 11) is 0. The van der Waals surface area contributed by atoms with Gasteiger partial charge < -0.3 is 9.84 Å². The van der Waals surface area contributed by atoms with E-state index in [1.807, 2.05) is 89.6 Å². The molecule has 1 heterocycles. The molecular formula is C31H51ClN2O4. The minimum absolute atomic E-state index is 0.0593. The van der Waals surface area contributed by atoms with Crippen LogP contribution in [0, 0.1) is 0 Å². The Labute approximate surface area is 236 Å². The molecule has 0 spiro atoms. The fraction of sp³-hybridized carbons (Fsp3) is 0.548. The number of carboxylic acids is 1. The van der Waals surface area contributed by atoms with Gasteiger partial charge in [-0.05, 0) is 71.1 Å². The van der Waals surface area contributed by atoms with Crippen molar-refractivity contribution in [3.8, 4) is 5.75 Å². The number of carboxylic acid groups (broad SMARTS) is 1. The van der Waals surface area contributed by atoms with E-state index in [1.165, 1.54) is 12.5 Å². The maximum absolute atomic E-state index is 12.5. The van der Waals surface area contributed by atoms with Crippen LogP contribution in [-0.2, 0) is 30.7 Å². The van der Waals surface area contributed by atoms with Crippen LogP contribution in [0.15, 0.2) is 59.1 Å². The molecule has 0 radical (unpaired) electrons. The van der Waals surface area contributed by atoms with Crippen molar-refractivity contribution >= 4 is 17.6 Å². The van der Waals surface area contributed by atoms with Crippen LogP contribution in [0.3, 0.4) is 0 Å². The Kier molecular flexibility index (Phi) is 23.0. The molecule has 0 fully saturated rings. The molecule has 1 aromatic carbocycles. The lowest BCUT2D eigenvalue weighted by molar-refractivity contribution is -0.144. The first kappa shape index (κ1) is 37.4. The third-order valence-electron chi connectivity index (χ3n) is 5.30. The molecule has 0 aliphatic heterocycles. The van der Waals surface area contributed by atoms with E-state index in [0.29, 0.717) is 18.2 Å². The summed E-state index contributed by atoms with van der Waals surface area (Å²) >= 11 is 5.38. The fourth-order valence-electron chi connectivity index (χ4n) is 3.13. The highest BCUT2D eigenvalue weighted by atomic mass is 35.5. The number of carbonyl (C=O) groups is 1. The van der Waals surface area contributed by atoms with Crippen molar-refractivity contribution in [2.45, 2.75) is 107 Å². The number of allylic oxidation sites excluding steroid dienone is 4. The first-order chi connectivity index (χ1) is 18.3. The minimum Gasteiger partial charge on any atom is -0.479 e. The number of aromatic nitrogens is 2. The van der Waals surface area contributed by atoms with E-state index >= 15 is 0 Å². The van der Waals surface area contributed by atoms with Crippen molar-refractivity contribution in [3.05, 3.63) is 76.0 Å². The van der Waals surface area contributed by atoms with E-state index in [2.05, 4.69) is 6.92 Å². The molecule has 0 aliphatic carbocycles. The van der Waals surface area contributed by atoms with Gasteiger partial charge in [0.15, 0.2) is 6.10 Å². The van der Waals surface area contributed by atoms with Crippen molar-refractivity contribution in [2.24, 2.45) is 0 Å². The maximum Gasteiger partial charge on any atom is 0.344 e. The SMILES string of the molecule is C/C=C(/C)CCl.C/C=C/Cn1cc(CCCc2ccc(OC(C)C(=O)O)cc2)n(CCC)c1=O.CC.CC. The molecule has 7 heteroatoms. The quantitative estimate of drug-likeness (QED) is 0.215. The highest BCUT2D eigenvalue weighted by molar-refractivity contribution is 6.19. The minimum atomic E-state index is -0.983. The molecule has 0 saturated heterocycles. The molecular weight excluding hydrogens is 500 g/mol. The molecule has 2 aromatic rings. The van der Waals surface area contributed by atoms with Crippen molar-refractivity contribution < 1.29 is 14.6 Å². The zero-order valence-corrected chi connectivity index (χ0v) is 25.8. The van der Waals surface area contributed by atoms with Gasteiger partial charge in [-0.15, -0.1) is 11.6 Å². The number of alkyl halides is 1. The van der Waals surface area contributed by atoms with Gasteiger partial charge in [0.25, 0.3) is 0 Å². The Morgan fingerprint density at radius 1 is 1.11 bits per heavy atom. The second-order valence-corrected chi connectivity index (χ2v) is 8.41. The Bertz CT molecular complexity index is 988. The highest BCUT2D eigenvalue weighted by Crippen LogP contribution is 2.16. The number of hydrogen-bond acceptors (Lipinski definition) is 3. The van der Waals surface area contributed by atoms with E-state index in [4.69, 9.17) is 21.4 Å². The number of rotatable bonds is 12. The normalized spacial score (nSPS) is 11.4. The molecule has 6 nitrogen and oxygen atoms in total. The van der Waals surface area contributed by atoms with Crippen LogP contribution in [0.2, 0.25) is 0 Å². The number of ether oxygens (including phenoxy) is 1. The van der Waals surface area contributed by atoms with Crippen LogP contribution in [-0.4, -0.2) is 32.2 Å². The van der Waals surface area contributed by atoms with Gasteiger partial charge in [0.1, 0.15) is 5.75 Å². The summed E-state index contributed by atoms with van der Waals surface area (Å²) in [6.07, 6.45) is 10.6. The Morgan fingerprint density at radius 2 is 1.71 bits per heavy atom. The number of halogens is 1. The lowest BCUT2D eigenvalue weighted by Gasteiger charge is -2.11. The molecule has 1 N–H and O–H groups in total. The first-order valence-corrected chi connectivity index (χ1v) is 14.4. The summed E-state index contributed by atoms with van der Waals surface area (Å²) in [6, 6.07) is 7.52. The third kappa shape index (κ3) is 14.9. The summed E-state index contributed by atoms with van der Waals surface area (Å²) in [5.41, 5.74) is 3.53. The Morgan fingerprint density at radius 3 is 2.16 bits per heavy atom. The van der Waals surface area contributed by atoms with E-state index in [0.717, 1.165) is 43.5 Å². The zero-order valence-electron chi connectivity index (χ0n) is 25.1. The summed E-state index contributed by atoms with van der Waals surface area (Å²) in [4.78, 5) is 23.4. The van der Waals surface area contributed by atoms with Gasteiger partial charge in [-0.2, -0.15) is 0 Å². The molecule has 1 aromatic heterocycles. The Balaban J connectivity index is 0. The lowest BCUT2D eigenvalue weighted by atomic mass is 10.1. The van der Waals surface area contributed by atoms with Crippen molar-refractivity contribution in [1.82, 2.24) is 9.13 Å². The molecule has 0 bridgehead atoms. The lowest BCUT2D eigenvalue weighted by Crippen LogP contribution is -2.24. The van der Waals surface area contributed by atoms with Crippen molar-refractivity contribution in [1.29, 1.82) is 0 Å². The van der Waals surface area contributed by atoms with Crippen LogP contribution in [0.4, 0.5) is 0 Å². The fourth-order valence-corrected chi connectivity index (χ4v) is 3.29. The molecule has 0 amide bonds. The molecule has 38 heavy (non-hydrogen) atoms. The third-order valence-corrected chi connectivity index (χ3v) is 5.72. The number of aliphatic carboxylic acids is 1. The summed E-state index contributed by atoms with van der Waals surface area (Å²) in [5.74, 6) is 0.233. The topological polar surface area (TPSA) is 73.5 Å². The summed E-state index contributed by atoms with van der Waals surface area (Å²) < 4.78 is 9.00. The second-order valence-electron chi connectivity index (χ2n) is 8.14. The summed E-state index contributed by atoms with van der Waals surface area (Å²) in [6.45, 7) is 18.9. The van der Waals surface area contributed by atoms with E-state index in [9.17, 15) is 9.59 Å². The summed E-state index contributed by atoms with van der Waals surface area (Å²) in [5, 5.41) is 8.90. The van der Waals surface area contributed by atoms with Gasteiger partial charge >= 0.3 is 11.7 Å². The molecule has 2 rings (SSSR count). The van der Waals surface area contributed by atoms with Crippen LogP contribution in [0.5, 0.6) is 5.75 Å². The van der Waals surface area contributed by atoms with Crippen molar-refractivity contribution in [2.75, 3.05) is 5.88 Å². The standard InChI is InChI=1S/C22H30N2O4.C5H9Cl.2C2H6/c1-4-6-15-23-16-19(24(14-5-2)22(23)27)9-7-8-18-10-12-20(13-11-18)28-17(3)21(25)26;1-3-5(2)4-6;2*1-2/h4,6,10-13,16-17H,5,7-9,14-15H2,1-3H3,(H,25,26);3H,4H2,1-2H3;2*1-2H3/b6-4+;5-3-;;. The van der Waals surface area contributed by atoms with Gasteiger partial charge in [-0.25, -0.2) is 9.59 Å². The van der Waals surface area contributed by atoms with Gasteiger partial charge in [0.2, 0.25) is 0 Å². The number of aryl methyl sites for hydroxylation is 2. The Hall–Kier alpha value is -2.73. The second kappa shape index (κ2) is 23.4. The predicted molar refractivity (Wildman–Crippen MR) is 163 cm³/mol. The monoisotopic (exact) mass is 550 g/mol. The van der Waals surface area contributed by atoms with Crippen molar-refractivity contribution in [3.63, 3.8) is 0 Å². The van der Waals surface area contributed by atoms with Crippen LogP contribution in [0.25, 0.3) is 0 Å². The zero-order chi connectivity index (χ0) is 29.5. The van der Waals surface area contributed by atoms with Crippen LogP contribution in [0.1, 0.15) is 86.4 Å². The average molecular weight is 551 g/mol. The number of benzene rings is 1. The van der Waals surface area contributed by atoms with Gasteiger partial charge in [0, 0.05) is 30.9 Å². The number of imidazole rings is 1. The molecule has 1 unspecified atom stereocenters. The van der Waals surface area contributed by atoms with E-state index in [-0.39, 0.29) is 5.69 Å². The largest absolute Gasteiger partial charge is 0.479 e. The number of hydrogen-bond donors (Lipinski definition) is 1. The average Bonchev–Trinajstić information content (AvgIpc) is 3.24. The molecule has 1 atom stereocenters. The first-order valence-electron chi connectivity index (χ1n) is 13.8. The van der Waals surface area contributed by atoms with E-state index < -0.39 is 12.1 Å². The van der Waals surface area contributed by atoms with E-state index in [1.54, 1.807) is 16.7 Å². The van der Waals surface area contributed by atoms with Gasteiger partial charge in [-0.3, -0.25) is 9.13 Å². The molecule has 0 saturated carbocycles. The van der Waals surface area contributed by atoms with Crippen LogP contribution >= 0.6 is 11.6 Å². The maximum atomic E-state index is 12.5. The highest BCUT2D eigenvalue weighted by Gasteiger charge is 2.12. The van der Waals surface area contributed by atoms with Gasteiger partial charge in [0.05, 0.1) is 0 Å². The smallest absolute Gasteiger partial charge is 0.344 e. The predicted octanol–water partition coefficient (Wildman–Crippen LogP) is 7.91. The van der Waals surface area contributed by atoms with Gasteiger partial charge in [-0.1, -0.05) is 70.6 Å².